The second-order valence-electron chi connectivity index (χ2n) is 8.20. The first kappa shape index (κ1) is 23.0. The maximum absolute atomic E-state index is 12.7. The molecule has 0 aliphatic rings. The third-order valence-corrected chi connectivity index (χ3v) is 5.07. The van der Waals surface area contributed by atoms with Gasteiger partial charge in [-0.2, -0.15) is 0 Å². The van der Waals surface area contributed by atoms with E-state index in [1.807, 2.05) is 12.1 Å². The van der Waals surface area contributed by atoms with Crippen LogP contribution in [0.25, 0.3) is 0 Å². The van der Waals surface area contributed by atoms with Gasteiger partial charge in [-0.05, 0) is 47.4 Å². The fourth-order valence-corrected chi connectivity index (χ4v) is 3.22. The molecule has 2 amide bonds. The molecule has 0 fully saturated rings. The van der Waals surface area contributed by atoms with Crippen molar-refractivity contribution in [1.29, 1.82) is 0 Å². The van der Waals surface area contributed by atoms with Crippen molar-refractivity contribution in [1.82, 2.24) is 0 Å². The lowest BCUT2D eigenvalue weighted by molar-refractivity contribution is -0.385. The Labute approximate surface area is 190 Å². The Morgan fingerprint density at radius 2 is 1.44 bits per heavy atom. The van der Waals surface area contributed by atoms with E-state index in [4.69, 9.17) is 11.6 Å². The number of benzene rings is 3. The minimum absolute atomic E-state index is 0.0316. The lowest BCUT2D eigenvalue weighted by Gasteiger charge is -2.19. The number of para-hydroxylation sites is 2. The molecule has 0 spiro atoms. The molecule has 3 rings (SSSR count). The maximum atomic E-state index is 12.7. The SMILES string of the molecule is CC(C)(C)c1ccc(C(=O)Nc2ccccc2NC(=O)c2ccc(Cl)cc2[N+](=O)[O-])cc1. The number of amides is 2. The van der Waals surface area contributed by atoms with E-state index >= 15 is 0 Å². The van der Waals surface area contributed by atoms with E-state index in [1.54, 1.807) is 36.4 Å². The number of nitro groups is 1. The Morgan fingerprint density at radius 1 is 0.875 bits per heavy atom. The van der Waals surface area contributed by atoms with E-state index in [-0.39, 0.29) is 21.9 Å². The molecule has 0 bridgehead atoms. The minimum Gasteiger partial charge on any atom is -0.320 e. The van der Waals surface area contributed by atoms with Crippen LogP contribution >= 0.6 is 11.6 Å². The largest absolute Gasteiger partial charge is 0.320 e. The van der Waals surface area contributed by atoms with Crippen molar-refractivity contribution in [2.75, 3.05) is 10.6 Å². The normalized spacial score (nSPS) is 11.0. The molecular formula is C24H22ClN3O4. The van der Waals surface area contributed by atoms with Gasteiger partial charge in [-0.15, -0.1) is 0 Å². The summed E-state index contributed by atoms with van der Waals surface area (Å²) in [5.41, 5.74) is 1.66. The van der Waals surface area contributed by atoms with Gasteiger partial charge in [0.05, 0.1) is 16.3 Å². The van der Waals surface area contributed by atoms with Crippen LogP contribution in [0.3, 0.4) is 0 Å². The maximum Gasteiger partial charge on any atom is 0.283 e. The standard InChI is InChI=1S/C24H22ClN3O4/c1-24(2,3)16-10-8-15(9-11-16)22(29)26-19-6-4-5-7-20(19)27-23(30)18-13-12-17(25)14-21(18)28(31)32/h4-14H,1-3H3,(H,26,29)(H,27,30). The van der Waals surface area contributed by atoms with Crippen molar-refractivity contribution in [3.8, 4) is 0 Å². The minimum atomic E-state index is -0.690. The van der Waals surface area contributed by atoms with Gasteiger partial charge in [0.2, 0.25) is 0 Å². The number of halogens is 1. The van der Waals surface area contributed by atoms with Gasteiger partial charge in [0, 0.05) is 16.7 Å². The summed E-state index contributed by atoms with van der Waals surface area (Å²) in [4.78, 5) is 36.1. The zero-order valence-corrected chi connectivity index (χ0v) is 18.6. The molecular weight excluding hydrogens is 430 g/mol. The van der Waals surface area contributed by atoms with Crippen LogP contribution in [0, 0.1) is 10.1 Å². The molecule has 0 saturated carbocycles. The highest BCUT2D eigenvalue weighted by atomic mass is 35.5. The molecule has 3 aromatic rings. The smallest absolute Gasteiger partial charge is 0.283 e. The average Bonchev–Trinajstić information content (AvgIpc) is 2.74. The lowest BCUT2D eigenvalue weighted by Crippen LogP contribution is -2.18. The van der Waals surface area contributed by atoms with Crippen molar-refractivity contribution in [2.24, 2.45) is 0 Å². The Bertz CT molecular complexity index is 1180. The lowest BCUT2D eigenvalue weighted by atomic mass is 9.87. The first-order chi connectivity index (χ1) is 15.1. The number of anilines is 2. The number of nitro benzene ring substituents is 1. The molecule has 0 unspecified atom stereocenters. The average molecular weight is 452 g/mol. The summed E-state index contributed by atoms with van der Waals surface area (Å²) in [5.74, 6) is -1.03. The van der Waals surface area contributed by atoms with Crippen LogP contribution in [0.1, 0.15) is 47.1 Å². The monoisotopic (exact) mass is 451 g/mol. The fourth-order valence-electron chi connectivity index (χ4n) is 3.05. The topological polar surface area (TPSA) is 101 Å². The number of carbonyl (C=O) groups is 2. The first-order valence-corrected chi connectivity index (χ1v) is 10.2. The quantitative estimate of drug-likeness (QED) is 0.364. The van der Waals surface area contributed by atoms with Crippen molar-refractivity contribution in [2.45, 2.75) is 26.2 Å². The van der Waals surface area contributed by atoms with Gasteiger partial charge in [0.25, 0.3) is 17.5 Å². The van der Waals surface area contributed by atoms with Crippen molar-refractivity contribution in [3.63, 3.8) is 0 Å². The van der Waals surface area contributed by atoms with Crippen molar-refractivity contribution < 1.29 is 14.5 Å². The third kappa shape index (κ3) is 5.31. The summed E-state index contributed by atoms with van der Waals surface area (Å²) in [5, 5.41) is 16.9. The zero-order chi connectivity index (χ0) is 23.5. The number of carbonyl (C=O) groups excluding carboxylic acids is 2. The van der Waals surface area contributed by atoms with E-state index in [0.717, 1.165) is 11.6 Å². The Balaban J connectivity index is 1.82. The number of rotatable bonds is 5. The van der Waals surface area contributed by atoms with E-state index in [2.05, 4.69) is 31.4 Å². The van der Waals surface area contributed by atoms with Crippen LogP contribution in [0.15, 0.2) is 66.7 Å². The zero-order valence-electron chi connectivity index (χ0n) is 17.8. The Morgan fingerprint density at radius 3 is 1.97 bits per heavy atom. The van der Waals surface area contributed by atoms with Crippen LogP contribution < -0.4 is 10.6 Å². The molecule has 0 radical (unpaired) electrons. The Kier molecular flexibility index (Phi) is 6.60. The number of nitrogens with one attached hydrogen (secondary N) is 2. The van der Waals surface area contributed by atoms with Gasteiger partial charge in [0.1, 0.15) is 5.56 Å². The molecule has 0 aromatic heterocycles. The molecule has 8 heteroatoms. The van der Waals surface area contributed by atoms with Gasteiger partial charge < -0.3 is 10.6 Å². The van der Waals surface area contributed by atoms with Gasteiger partial charge in [0.15, 0.2) is 0 Å². The van der Waals surface area contributed by atoms with Crippen LogP contribution in [0.4, 0.5) is 17.1 Å². The van der Waals surface area contributed by atoms with Gasteiger partial charge >= 0.3 is 0 Å². The second kappa shape index (κ2) is 9.20. The molecule has 0 aliphatic carbocycles. The predicted molar refractivity (Wildman–Crippen MR) is 126 cm³/mol. The number of hydrogen-bond donors (Lipinski definition) is 2. The number of hydrogen-bond acceptors (Lipinski definition) is 4. The molecule has 0 aliphatic heterocycles. The van der Waals surface area contributed by atoms with Crippen molar-refractivity contribution >= 4 is 40.5 Å². The first-order valence-electron chi connectivity index (χ1n) is 9.82. The highest BCUT2D eigenvalue weighted by Crippen LogP contribution is 2.27. The summed E-state index contributed by atoms with van der Waals surface area (Å²) in [6.07, 6.45) is 0. The van der Waals surface area contributed by atoms with Gasteiger partial charge in [-0.3, -0.25) is 19.7 Å². The summed E-state index contributed by atoms with van der Waals surface area (Å²) in [7, 11) is 0. The summed E-state index contributed by atoms with van der Waals surface area (Å²) >= 11 is 5.82. The molecule has 0 atom stereocenters. The molecule has 32 heavy (non-hydrogen) atoms. The predicted octanol–water partition coefficient (Wildman–Crippen LogP) is 6.05. The summed E-state index contributed by atoms with van der Waals surface area (Å²) in [6.45, 7) is 6.27. The van der Waals surface area contributed by atoms with E-state index in [1.165, 1.54) is 12.1 Å². The van der Waals surface area contributed by atoms with Crippen molar-refractivity contribution in [3.05, 3.63) is 98.6 Å². The van der Waals surface area contributed by atoms with Crippen LogP contribution in [0.5, 0.6) is 0 Å². The summed E-state index contributed by atoms with van der Waals surface area (Å²) in [6, 6.07) is 17.7. The van der Waals surface area contributed by atoms with E-state index in [0.29, 0.717) is 16.9 Å². The van der Waals surface area contributed by atoms with Crippen LogP contribution in [-0.4, -0.2) is 16.7 Å². The Hall–Kier alpha value is -3.71. The van der Waals surface area contributed by atoms with E-state index in [9.17, 15) is 19.7 Å². The molecule has 7 nitrogen and oxygen atoms in total. The second-order valence-corrected chi connectivity index (χ2v) is 8.64. The fraction of sp³-hybridized carbons (Fsp3) is 0.167. The highest BCUT2D eigenvalue weighted by molar-refractivity contribution is 6.31. The molecule has 0 saturated heterocycles. The molecule has 3 aromatic carbocycles. The summed E-state index contributed by atoms with van der Waals surface area (Å²) < 4.78 is 0. The molecule has 2 N–H and O–H groups in total. The molecule has 0 heterocycles. The third-order valence-electron chi connectivity index (χ3n) is 4.84. The van der Waals surface area contributed by atoms with Crippen LogP contribution in [0.2, 0.25) is 5.02 Å². The highest BCUT2D eigenvalue weighted by Gasteiger charge is 2.22. The number of nitrogens with zero attached hydrogens (tertiary/aromatic N) is 1. The van der Waals surface area contributed by atoms with Gasteiger partial charge in [-0.1, -0.05) is 56.6 Å². The van der Waals surface area contributed by atoms with Gasteiger partial charge in [-0.25, -0.2) is 0 Å². The van der Waals surface area contributed by atoms with Crippen LogP contribution in [-0.2, 0) is 5.41 Å². The van der Waals surface area contributed by atoms with E-state index < -0.39 is 16.5 Å². The molecule has 164 valence electrons.